The summed E-state index contributed by atoms with van der Waals surface area (Å²) in [5.41, 5.74) is 2.57. The molecule has 112 valence electrons. The molecule has 0 atom stereocenters. The molecule has 0 saturated heterocycles. The highest BCUT2D eigenvalue weighted by molar-refractivity contribution is 5.95. The molecule has 4 nitrogen and oxygen atoms in total. The lowest BCUT2D eigenvalue weighted by atomic mass is 10.2. The lowest BCUT2D eigenvalue weighted by molar-refractivity contribution is 0.0755. The van der Waals surface area contributed by atoms with Gasteiger partial charge in [-0.1, -0.05) is 32.0 Å². The normalized spacial score (nSPS) is 10.6. The van der Waals surface area contributed by atoms with Gasteiger partial charge in [-0.25, -0.2) is 4.68 Å². The molecule has 0 fully saturated rings. The van der Waals surface area contributed by atoms with Crippen molar-refractivity contribution in [2.24, 2.45) is 0 Å². The van der Waals surface area contributed by atoms with Crippen LogP contribution in [0.1, 0.15) is 42.7 Å². The number of rotatable bonds is 6. The zero-order chi connectivity index (χ0) is 15.2. The third-order valence-corrected chi connectivity index (χ3v) is 3.52. The number of carbonyl (C=O) groups excluding carboxylic acids is 1. The van der Waals surface area contributed by atoms with Gasteiger partial charge in [0.25, 0.3) is 5.91 Å². The van der Waals surface area contributed by atoms with E-state index >= 15 is 0 Å². The molecule has 2 aromatic rings. The van der Waals surface area contributed by atoms with E-state index in [-0.39, 0.29) is 5.91 Å². The van der Waals surface area contributed by atoms with Crippen LogP contribution in [0.5, 0.6) is 0 Å². The van der Waals surface area contributed by atoms with Crippen LogP contribution in [0.15, 0.2) is 36.5 Å². The van der Waals surface area contributed by atoms with Gasteiger partial charge in [0, 0.05) is 13.1 Å². The topological polar surface area (TPSA) is 38.1 Å². The SMILES string of the molecule is CCCN(CCC)C(=O)c1cnn(-c2ccccc2)c1C. The summed E-state index contributed by atoms with van der Waals surface area (Å²) in [5, 5.41) is 4.38. The smallest absolute Gasteiger partial charge is 0.257 e. The van der Waals surface area contributed by atoms with Crippen LogP contribution in [-0.2, 0) is 0 Å². The highest BCUT2D eigenvalue weighted by Crippen LogP contribution is 2.16. The molecule has 0 radical (unpaired) electrons. The van der Waals surface area contributed by atoms with Crippen molar-refractivity contribution in [1.82, 2.24) is 14.7 Å². The zero-order valence-electron chi connectivity index (χ0n) is 13.0. The first-order chi connectivity index (χ1) is 10.2. The van der Waals surface area contributed by atoms with Crippen LogP contribution in [0.3, 0.4) is 0 Å². The molecular weight excluding hydrogens is 262 g/mol. The molecule has 0 N–H and O–H groups in total. The van der Waals surface area contributed by atoms with Crippen LogP contribution in [-0.4, -0.2) is 33.7 Å². The van der Waals surface area contributed by atoms with Crippen molar-refractivity contribution in [1.29, 1.82) is 0 Å². The molecule has 0 aliphatic heterocycles. The van der Waals surface area contributed by atoms with E-state index in [0.717, 1.165) is 37.3 Å². The van der Waals surface area contributed by atoms with Gasteiger partial charge in [0.15, 0.2) is 0 Å². The number of amides is 1. The van der Waals surface area contributed by atoms with Gasteiger partial charge in [-0.3, -0.25) is 4.79 Å². The minimum atomic E-state index is 0.0818. The number of hydrogen-bond acceptors (Lipinski definition) is 2. The summed E-state index contributed by atoms with van der Waals surface area (Å²) in [7, 11) is 0. The Morgan fingerprint density at radius 2 is 1.76 bits per heavy atom. The predicted octanol–water partition coefficient (Wildman–Crippen LogP) is 3.44. The molecule has 2 rings (SSSR count). The Morgan fingerprint density at radius 1 is 1.14 bits per heavy atom. The fraction of sp³-hybridized carbons (Fsp3) is 0.412. The molecule has 21 heavy (non-hydrogen) atoms. The van der Waals surface area contributed by atoms with Crippen molar-refractivity contribution >= 4 is 5.91 Å². The summed E-state index contributed by atoms with van der Waals surface area (Å²) in [4.78, 5) is 14.6. The van der Waals surface area contributed by atoms with Crippen molar-refractivity contribution in [3.8, 4) is 5.69 Å². The highest BCUT2D eigenvalue weighted by Gasteiger charge is 2.20. The standard InChI is InChI=1S/C17H23N3O/c1-4-11-19(12-5-2)17(21)16-13-18-20(14(16)3)15-9-7-6-8-10-15/h6-10,13H,4-5,11-12H2,1-3H3. The quantitative estimate of drug-likeness (QED) is 0.815. The van der Waals surface area contributed by atoms with Gasteiger partial charge in [0.1, 0.15) is 0 Å². The Kier molecular flexibility index (Phi) is 5.14. The van der Waals surface area contributed by atoms with Crippen molar-refractivity contribution in [2.45, 2.75) is 33.6 Å². The van der Waals surface area contributed by atoms with E-state index < -0.39 is 0 Å². The van der Waals surface area contributed by atoms with E-state index in [0.29, 0.717) is 5.56 Å². The average molecular weight is 285 g/mol. The van der Waals surface area contributed by atoms with Crippen LogP contribution in [0.4, 0.5) is 0 Å². The summed E-state index contributed by atoms with van der Waals surface area (Å²) in [6.07, 6.45) is 3.62. The van der Waals surface area contributed by atoms with Crippen LogP contribution in [0, 0.1) is 6.92 Å². The van der Waals surface area contributed by atoms with E-state index in [1.165, 1.54) is 0 Å². The first-order valence-electron chi connectivity index (χ1n) is 7.58. The molecule has 0 bridgehead atoms. The molecule has 1 heterocycles. The number of para-hydroxylation sites is 1. The molecule has 0 aliphatic carbocycles. The van der Waals surface area contributed by atoms with Crippen molar-refractivity contribution < 1.29 is 4.79 Å². The Bertz CT molecular complexity index is 583. The second-order valence-corrected chi connectivity index (χ2v) is 5.18. The second kappa shape index (κ2) is 7.07. The van der Waals surface area contributed by atoms with Gasteiger partial charge in [0.2, 0.25) is 0 Å². The third kappa shape index (κ3) is 3.32. The van der Waals surface area contributed by atoms with Gasteiger partial charge in [0.05, 0.1) is 23.1 Å². The molecule has 1 aromatic heterocycles. The largest absolute Gasteiger partial charge is 0.339 e. The zero-order valence-corrected chi connectivity index (χ0v) is 13.0. The number of benzene rings is 1. The summed E-state index contributed by atoms with van der Waals surface area (Å²) in [6, 6.07) is 9.89. The van der Waals surface area contributed by atoms with Gasteiger partial charge in [-0.2, -0.15) is 5.10 Å². The minimum Gasteiger partial charge on any atom is -0.339 e. The van der Waals surface area contributed by atoms with E-state index in [4.69, 9.17) is 0 Å². The van der Waals surface area contributed by atoms with Gasteiger partial charge < -0.3 is 4.90 Å². The molecule has 1 amide bonds. The molecular formula is C17H23N3O. The number of carbonyl (C=O) groups is 1. The van der Waals surface area contributed by atoms with Crippen LogP contribution >= 0.6 is 0 Å². The van der Waals surface area contributed by atoms with Crippen LogP contribution < -0.4 is 0 Å². The molecule has 0 saturated carbocycles. The summed E-state index contributed by atoms with van der Waals surface area (Å²) in [6.45, 7) is 7.72. The average Bonchev–Trinajstić information content (AvgIpc) is 2.89. The maximum Gasteiger partial charge on any atom is 0.257 e. The fourth-order valence-corrected chi connectivity index (χ4v) is 2.47. The molecule has 0 spiro atoms. The summed E-state index contributed by atoms with van der Waals surface area (Å²) >= 11 is 0. The van der Waals surface area contributed by atoms with Crippen LogP contribution in [0.2, 0.25) is 0 Å². The van der Waals surface area contributed by atoms with Crippen molar-refractivity contribution in [3.05, 3.63) is 47.8 Å². The maximum absolute atomic E-state index is 12.7. The number of aromatic nitrogens is 2. The van der Waals surface area contributed by atoms with E-state index in [1.54, 1.807) is 6.20 Å². The Morgan fingerprint density at radius 3 is 2.33 bits per heavy atom. The van der Waals surface area contributed by atoms with Crippen molar-refractivity contribution in [3.63, 3.8) is 0 Å². The monoisotopic (exact) mass is 285 g/mol. The predicted molar refractivity (Wildman–Crippen MR) is 84.8 cm³/mol. The molecule has 1 aromatic carbocycles. The van der Waals surface area contributed by atoms with Crippen molar-refractivity contribution in [2.75, 3.05) is 13.1 Å². The Hall–Kier alpha value is -2.10. The van der Waals surface area contributed by atoms with E-state index in [2.05, 4.69) is 18.9 Å². The maximum atomic E-state index is 12.7. The van der Waals surface area contributed by atoms with E-state index in [9.17, 15) is 4.79 Å². The van der Waals surface area contributed by atoms with Gasteiger partial charge in [-0.05, 0) is 31.9 Å². The first kappa shape index (κ1) is 15.3. The Labute approximate surface area is 126 Å². The van der Waals surface area contributed by atoms with Gasteiger partial charge in [-0.15, -0.1) is 0 Å². The number of nitrogens with zero attached hydrogens (tertiary/aromatic N) is 3. The fourth-order valence-electron chi connectivity index (χ4n) is 2.47. The molecule has 0 aliphatic rings. The molecule has 4 heteroatoms. The number of hydrogen-bond donors (Lipinski definition) is 0. The lowest BCUT2D eigenvalue weighted by Crippen LogP contribution is -2.32. The second-order valence-electron chi connectivity index (χ2n) is 5.18. The van der Waals surface area contributed by atoms with Crippen LogP contribution in [0.25, 0.3) is 5.69 Å². The van der Waals surface area contributed by atoms with E-state index in [1.807, 2.05) is 46.8 Å². The molecule has 0 unspecified atom stereocenters. The summed E-state index contributed by atoms with van der Waals surface area (Å²) < 4.78 is 1.82. The lowest BCUT2D eigenvalue weighted by Gasteiger charge is -2.21. The Balaban J connectivity index is 2.29. The minimum absolute atomic E-state index is 0.0818. The third-order valence-electron chi connectivity index (χ3n) is 3.52. The highest BCUT2D eigenvalue weighted by atomic mass is 16.2. The first-order valence-corrected chi connectivity index (χ1v) is 7.58. The van der Waals surface area contributed by atoms with Gasteiger partial charge >= 0.3 is 0 Å². The summed E-state index contributed by atoms with van der Waals surface area (Å²) in [5.74, 6) is 0.0818.